The maximum absolute atomic E-state index is 2.53. The van der Waals surface area contributed by atoms with Crippen LogP contribution >= 0.6 is 0 Å². The van der Waals surface area contributed by atoms with Crippen LogP contribution < -0.4 is 0 Å². The summed E-state index contributed by atoms with van der Waals surface area (Å²) < 4.78 is 0. The van der Waals surface area contributed by atoms with E-state index in [0.29, 0.717) is 0 Å². The molecule has 128 valence electrons. The van der Waals surface area contributed by atoms with Gasteiger partial charge in [-0.25, -0.2) is 0 Å². The SMILES string of the molecule is BC1CCCC(C2CCC3C4CCCCC4C4CCCC2C43)C1. The average Bonchev–Trinajstić information content (AvgIpc) is 2.92. The molecule has 5 rings (SSSR count). The van der Waals surface area contributed by atoms with Crippen LogP contribution in [0.4, 0.5) is 0 Å². The van der Waals surface area contributed by atoms with E-state index in [-0.39, 0.29) is 0 Å². The van der Waals surface area contributed by atoms with Crippen LogP contribution in [0.25, 0.3) is 0 Å². The summed E-state index contributed by atoms with van der Waals surface area (Å²) >= 11 is 0. The standard InChI is InChI=1S/C22H37B/c23-15-6-3-5-14(13-15)16-11-12-21-18-8-2-1-7-17(18)20-10-4-9-19(16)22(20)21/h14-22H,1-13,23H2. The van der Waals surface area contributed by atoms with Crippen molar-refractivity contribution >= 4 is 7.85 Å². The summed E-state index contributed by atoms with van der Waals surface area (Å²) in [5.41, 5.74) is 0. The molecule has 0 N–H and O–H groups in total. The van der Waals surface area contributed by atoms with Gasteiger partial charge in [-0.2, -0.15) is 0 Å². The summed E-state index contributed by atoms with van der Waals surface area (Å²) in [5, 5.41) is 0. The van der Waals surface area contributed by atoms with Crippen molar-refractivity contribution in [2.75, 3.05) is 0 Å². The molecule has 1 heteroatoms. The average molecular weight is 312 g/mol. The minimum atomic E-state index is 1.03. The predicted molar refractivity (Wildman–Crippen MR) is 100 cm³/mol. The van der Waals surface area contributed by atoms with Crippen molar-refractivity contribution in [3.63, 3.8) is 0 Å². The van der Waals surface area contributed by atoms with Gasteiger partial charge in [0.05, 0.1) is 0 Å². The Balaban J connectivity index is 1.40. The lowest BCUT2D eigenvalue weighted by Gasteiger charge is -2.50. The second-order valence-electron chi connectivity index (χ2n) is 10.4. The van der Waals surface area contributed by atoms with Gasteiger partial charge in [0, 0.05) is 0 Å². The Morgan fingerprint density at radius 2 is 1.04 bits per heavy atom. The molecule has 0 nitrogen and oxygen atoms in total. The Morgan fingerprint density at radius 1 is 0.478 bits per heavy atom. The van der Waals surface area contributed by atoms with Gasteiger partial charge >= 0.3 is 0 Å². The smallest absolute Gasteiger partial charge is 0.0694 e. The largest absolute Gasteiger partial charge is 0.105 e. The molecule has 0 radical (unpaired) electrons. The fourth-order valence-corrected chi connectivity index (χ4v) is 8.92. The van der Waals surface area contributed by atoms with Crippen LogP contribution in [0.2, 0.25) is 5.82 Å². The molecule has 9 atom stereocenters. The third-order valence-electron chi connectivity index (χ3n) is 9.50. The van der Waals surface area contributed by atoms with E-state index < -0.39 is 0 Å². The van der Waals surface area contributed by atoms with Gasteiger partial charge in [-0.15, -0.1) is 0 Å². The van der Waals surface area contributed by atoms with E-state index in [2.05, 4.69) is 7.85 Å². The van der Waals surface area contributed by atoms with Gasteiger partial charge in [-0.1, -0.05) is 50.8 Å². The normalized spacial score (nSPS) is 55.9. The zero-order valence-corrected chi connectivity index (χ0v) is 15.4. The van der Waals surface area contributed by atoms with Crippen LogP contribution in [0.3, 0.4) is 0 Å². The molecule has 0 aromatic carbocycles. The molecule has 5 aliphatic carbocycles. The number of hydrogen-bond acceptors (Lipinski definition) is 0. The van der Waals surface area contributed by atoms with Gasteiger partial charge in [0.1, 0.15) is 7.85 Å². The van der Waals surface area contributed by atoms with Crippen molar-refractivity contribution in [3.8, 4) is 0 Å². The number of rotatable bonds is 1. The molecule has 0 aromatic rings. The molecule has 5 saturated carbocycles. The van der Waals surface area contributed by atoms with Crippen molar-refractivity contribution < 1.29 is 0 Å². The lowest BCUT2D eigenvalue weighted by atomic mass is 9.54. The van der Waals surface area contributed by atoms with Gasteiger partial charge in [0.2, 0.25) is 0 Å². The zero-order valence-electron chi connectivity index (χ0n) is 15.4. The topological polar surface area (TPSA) is 0 Å². The first-order valence-corrected chi connectivity index (χ1v) is 11.3. The van der Waals surface area contributed by atoms with E-state index in [4.69, 9.17) is 0 Å². The monoisotopic (exact) mass is 312 g/mol. The third kappa shape index (κ3) is 2.46. The maximum Gasteiger partial charge on any atom is 0.105 e. The fraction of sp³-hybridized carbons (Fsp3) is 1.00. The first kappa shape index (κ1) is 15.3. The Morgan fingerprint density at radius 3 is 1.78 bits per heavy atom. The van der Waals surface area contributed by atoms with Gasteiger partial charge in [-0.05, 0) is 85.9 Å². The molecule has 23 heavy (non-hydrogen) atoms. The molecule has 0 bridgehead atoms. The van der Waals surface area contributed by atoms with Crippen molar-refractivity contribution in [1.29, 1.82) is 0 Å². The molecule has 0 heterocycles. The van der Waals surface area contributed by atoms with Crippen LogP contribution in [-0.4, -0.2) is 7.85 Å². The molecule has 5 fully saturated rings. The lowest BCUT2D eigenvalue weighted by molar-refractivity contribution is -0.00145. The van der Waals surface area contributed by atoms with Crippen LogP contribution in [0.15, 0.2) is 0 Å². The van der Waals surface area contributed by atoms with Crippen molar-refractivity contribution in [2.45, 2.75) is 89.3 Å². The van der Waals surface area contributed by atoms with Crippen molar-refractivity contribution in [2.24, 2.45) is 47.3 Å². The Labute approximate surface area is 145 Å². The summed E-state index contributed by atoms with van der Waals surface area (Å²) in [6.07, 6.45) is 20.6. The highest BCUT2D eigenvalue weighted by Crippen LogP contribution is 2.65. The molecule has 0 amide bonds. The van der Waals surface area contributed by atoms with E-state index in [9.17, 15) is 0 Å². The lowest BCUT2D eigenvalue weighted by Crippen LogP contribution is -2.42. The van der Waals surface area contributed by atoms with Crippen molar-refractivity contribution in [3.05, 3.63) is 0 Å². The van der Waals surface area contributed by atoms with Crippen LogP contribution in [0, 0.1) is 47.3 Å². The summed E-state index contributed by atoms with van der Waals surface area (Å²) in [6.45, 7) is 0. The highest BCUT2D eigenvalue weighted by Gasteiger charge is 2.57. The number of hydrogen-bond donors (Lipinski definition) is 0. The van der Waals surface area contributed by atoms with Crippen LogP contribution in [0.1, 0.15) is 83.5 Å². The fourth-order valence-electron chi connectivity index (χ4n) is 8.92. The quantitative estimate of drug-likeness (QED) is 0.563. The van der Waals surface area contributed by atoms with E-state index in [1.807, 2.05) is 0 Å². The molecule has 9 unspecified atom stereocenters. The molecule has 0 aromatic heterocycles. The maximum atomic E-state index is 2.53. The third-order valence-corrected chi connectivity index (χ3v) is 9.50. The minimum absolute atomic E-state index is 1.03. The Bertz CT molecular complexity index is 418. The molecular weight excluding hydrogens is 275 g/mol. The summed E-state index contributed by atoms with van der Waals surface area (Å²) in [6, 6.07) is 0. The highest BCUT2D eigenvalue weighted by atomic mass is 14.6. The van der Waals surface area contributed by atoms with Crippen LogP contribution in [-0.2, 0) is 0 Å². The highest BCUT2D eigenvalue weighted by molar-refractivity contribution is 6.11. The zero-order chi connectivity index (χ0) is 15.4. The molecule has 0 saturated heterocycles. The first-order chi connectivity index (χ1) is 11.3. The molecule has 0 spiro atoms. The Kier molecular flexibility index (Phi) is 4.07. The molecular formula is C22H37B. The van der Waals surface area contributed by atoms with Gasteiger partial charge in [0.25, 0.3) is 0 Å². The Hall–Kier alpha value is 0.0649. The van der Waals surface area contributed by atoms with Gasteiger partial charge < -0.3 is 0 Å². The summed E-state index contributed by atoms with van der Waals surface area (Å²) in [4.78, 5) is 0. The van der Waals surface area contributed by atoms with Gasteiger partial charge in [0.15, 0.2) is 0 Å². The number of fused-ring (bicyclic) bond motifs is 3. The predicted octanol–water partition coefficient (Wildman–Crippen LogP) is 5.48. The van der Waals surface area contributed by atoms with E-state index in [1.165, 1.54) is 42.4 Å². The summed E-state index contributed by atoms with van der Waals surface area (Å²) in [7, 11) is 2.53. The second kappa shape index (κ2) is 6.10. The molecule has 5 aliphatic rings. The van der Waals surface area contributed by atoms with Crippen LogP contribution in [0.5, 0.6) is 0 Å². The van der Waals surface area contributed by atoms with Gasteiger partial charge in [-0.3, -0.25) is 0 Å². The second-order valence-corrected chi connectivity index (χ2v) is 10.4. The van der Waals surface area contributed by atoms with E-state index >= 15 is 0 Å². The van der Waals surface area contributed by atoms with E-state index in [1.54, 1.807) is 70.6 Å². The first-order valence-electron chi connectivity index (χ1n) is 11.3. The molecule has 0 aliphatic heterocycles. The van der Waals surface area contributed by atoms with Crippen molar-refractivity contribution in [1.82, 2.24) is 0 Å². The van der Waals surface area contributed by atoms with E-state index in [0.717, 1.165) is 23.6 Å². The summed E-state index contributed by atoms with van der Waals surface area (Å²) in [5.74, 6) is 10.3. The minimum Gasteiger partial charge on any atom is -0.0694 e.